The molecule has 2 N–H and O–H groups in total. The molecule has 2 rings (SSSR count). The Morgan fingerprint density at radius 3 is 2.48 bits per heavy atom. The normalized spacial score (nSPS) is 11.6. The number of amides is 2. The van der Waals surface area contributed by atoms with Crippen LogP contribution in [-0.2, 0) is 16.6 Å². The van der Waals surface area contributed by atoms with Crippen molar-refractivity contribution in [3.8, 4) is 5.75 Å². The van der Waals surface area contributed by atoms with Gasteiger partial charge in [-0.3, -0.25) is 14.3 Å². The van der Waals surface area contributed by atoms with E-state index < -0.39 is 6.04 Å². The van der Waals surface area contributed by atoms with Gasteiger partial charge in [0.15, 0.2) is 5.82 Å². The Labute approximate surface area is 134 Å². The van der Waals surface area contributed by atoms with Gasteiger partial charge in [-0.05, 0) is 17.7 Å². The quantitative estimate of drug-likeness (QED) is 0.848. The van der Waals surface area contributed by atoms with E-state index in [9.17, 15) is 9.59 Å². The van der Waals surface area contributed by atoms with E-state index in [1.54, 1.807) is 43.2 Å². The van der Waals surface area contributed by atoms with Crippen molar-refractivity contribution in [2.24, 2.45) is 7.05 Å². The van der Waals surface area contributed by atoms with Crippen molar-refractivity contribution in [1.29, 1.82) is 0 Å². The highest BCUT2D eigenvalue weighted by atomic mass is 16.5. The first-order chi connectivity index (χ1) is 11.0. The van der Waals surface area contributed by atoms with Crippen LogP contribution >= 0.6 is 0 Å². The third-order valence-electron chi connectivity index (χ3n) is 3.27. The Kier molecular flexibility index (Phi) is 5.35. The zero-order valence-corrected chi connectivity index (χ0v) is 13.4. The first kappa shape index (κ1) is 16.5. The van der Waals surface area contributed by atoms with Gasteiger partial charge in [0.25, 0.3) is 0 Å². The van der Waals surface area contributed by atoms with E-state index in [0.29, 0.717) is 11.6 Å². The largest absolute Gasteiger partial charge is 0.497 e. The van der Waals surface area contributed by atoms with Gasteiger partial charge in [-0.2, -0.15) is 5.10 Å². The summed E-state index contributed by atoms with van der Waals surface area (Å²) in [6, 6.07) is 8.53. The Bertz CT molecular complexity index is 679. The zero-order chi connectivity index (χ0) is 16.8. The fraction of sp³-hybridized carbons (Fsp3) is 0.312. The van der Waals surface area contributed by atoms with Crippen molar-refractivity contribution < 1.29 is 14.3 Å². The predicted molar refractivity (Wildman–Crippen MR) is 86.0 cm³/mol. The molecule has 0 radical (unpaired) electrons. The number of nitrogens with one attached hydrogen (secondary N) is 2. The van der Waals surface area contributed by atoms with E-state index in [2.05, 4.69) is 15.7 Å². The van der Waals surface area contributed by atoms with Crippen molar-refractivity contribution in [2.75, 3.05) is 12.4 Å². The molecule has 1 aromatic heterocycles. The first-order valence-electron chi connectivity index (χ1n) is 7.18. The average molecular weight is 316 g/mol. The number of carbonyl (C=O) groups excluding carboxylic acids is 2. The number of benzene rings is 1. The molecule has 0 bridgehead atoms. The summed E-state index contributed by atoms with van der Waals surface area (Å²) in [5, 5.41) is 9.60. The zero-order valence-electron chi connectivity index (χ0n) is 13.4. The van der Waals surface area contributed by atoms with E-state index in [0.717, 1.165) is 5.56 Å². The van der Waals surface area contributed by atoms with E-state index >= 15 is 0 Å². The smallest absolute Gasteiger partial charge is 0.227 e. The van der Waals surface area contributed by atoms with Crippen LogP contribution < -0.4 is 15.4 Å². The van der Waals surface area contributed by atoms with Crippen LogP contribution in [0.4, 0.5) is 5.82 Å². The van der Waals surface area contributed by atoms with Crippen LogP contribution in [0.15, 0.2) is 36.5 Å². The highest BCUT2D eigenvalue weighted by Crippen LogP contribution is 2.21. The maximum atomic E-state index is 12.2. The topological polar surface area (TPSA) is 85.2 Å². The summed E-state index contributed by atoms with van der Waals surface area (Å²) in [4.78, 5) is 23.6. The molecule has 122 valence electrons. The van der Waals surface area contributed by atoms with Crippen LogP contribution in [0.2, 0.25) is 0 Å². The molecule has 1 heterocycles. The second-order valence-corrected chi connectivity index (χ2v) is 5.15. The summed E-state index contributed by atoms with van der Waals surface area (Å²) in [6.07, 6.45) is 1.85. The van der Waals surface area contributed by atoms with Crippen LogP contribution in [0.25, 0.3) is 0 Å². The molecule has 0 aliphatic heterocycles. The minimum atomic E-state index is -0.415. The monoisotopic (exact) mass is 316 g/mol. The summed E-state index contributed by atoms with van der Waals surface area (Å²) >= 11 is 0. The lowest BCUT2D eigenvalue weighted by molar-refractivity contribution is -0.120. The van der Waals surface area contributed by atoms with Crippen LogP contribution in [0.3, 0.4) is 0 Å². The summed E-state index contributed by atoms with van der Waals surface area (Å²) in [6.45, 7) is 1.42. The van der Waals surface area contributed by atoms with Crippen molar-refractivity contribution in [3.63, 3.8) is 0 Å². The lowest BCUT2D eigenvalue weighted by Crippen LogP contribution is -2.29. The lowest BCUT2D eigenvalue weighted by Gasteiger charge is -2.18. The van der Waals surface area contributed by atoms with Gasteiger partial charge in [-0.1, -0.05) is 12.1 Å². The third-order valence-corrected chi connectivity index (χ3v) is 3.27. The molecule has 0 aliphatic rings. The second kappa shape index (κ2) is 7.44. The fourth-order valence-electron chi connectivity index (χ4n) is 2.19. The molecule has 23 heavy (non-hydrogen) atoms. The molecular weight excluding hydrogens is 296 g/mol. The van der Waals surface area contributed by atoms with Gasteiger partial charge in [0, 0.05) is 26.2 Å². The molecule has 0 saturated heterocycles. The Balaban J connectivity index is 2.07. The summed E-state index contributed by atoms with van der Waals surface area (Å²) in [5.41, 5.74) is 0.831. The molecule has 1 atom stereocenters. The molecule has 7 nitrogen and oxygen atoms in total. The Morgan fingerprint density at radius 1 is 1.26 bits per heavy atom. The first-order valence-corrected chi connectivity index (χ1v) is 7.18. The summed E-state index contributed by atoms with van der Waals surface area (Å²) < 4.78 is 6.72. The van der Waals surface area contributed by atoms with Gasteiger partial charge in [0.05, 0.1) is 19.6 Å². The van der Waals surface area contributed by atoms with Gasteiger partial charge >= 0.3 is 0 Å². The van der Waals surface area contributed by atoms with Gasteiger partial charge in [-0.15, -0.1) is 0 Å². The predicted octanol–water partition coefficient (Wildman–Crippen LogP) is 1.63. The standard InChI is InChI=1S/C16H20N4O3/c1-11(21)17-14(12-4-6-13(23-3)7-5-12)10-16(22)18-15-8-9-20(2)19-15/h4-9,14H,10H2,1-3H3,(H,17,21)(H,18,19,22)/t14-/m0/s1. The molecule has 7 heteroatoms. The molecule has 1 aromatic carbocycles. The van der Waals surface area contributed by atoms with Gasteiger partial charge < -0.3 is 15.4 Å². The highest BCUT2D eigenvalue weighted by molar-refractivity contribution is 5.90. The number of hydrogen-bond acceptors (Lipinski definition) is 4. The van der Waals surface area contributed by atoms with Gasteiger partial charge in [0.2, 0.25) is 11.8 Å². The van der Waals surface area contributed by atoms with Gasteiger partial charge in [-0.25, -0.2) is 0 Å². The molecule has 2 amide bonds. The second-order valence-electron chi connectivity index (χ2n) is 5.15. The maximum absolute atomic E-state index is 12.2. The summed E-state index contributed by atoms with van der Waals surface area (Å²) in [7, 11) is 3.35. The maximum Gasteiger partial charge on any atom is 0.227 e. The number of aryl methyl sites for hydroxylation is 1. The number of hydrogen-bond donors (Lipinski definition) is 2. The van der Waals surface area contributed by atoms with Crippen molar-refractivity contribution >= 4 is 17.6 Å². The molecule has 0 aliphatic carbocycles. The number of ether oxygens (including phenoxy) is 1. The molecule has 0 fully saturated rings. The molecule has 0 unspecified atom stereocenters. The number of aromatic nitrogens is 2. The number of methoxy groups -OCH3 is 1. The third kappa shape index (κ3) is 4.84. The number of nitrogens with zero attached hydrogens (tertiary/aromatic N) is 2. The van der Waals surface area contributed by atoms with Crippen LogP contribution in [0, 0.1) is 0 Å². The van der Waals surface area contributed by atoms with Gasteiger partial charge in [0.1, 0.15) is 5.75 Å². The molecule has 2 aromatic rings. The Morgan fingerprint density at radius 2 is 1.96 bits per heavy atom. The molecule has 0 saturated carbocycles. The van der Waals surface area contributed by atoms with Crippen LogP contribution in [0.5, 0.6) is 5.75 Å². The van der Waals surface area contributed by atoms with Crippen molar-refractivity contribution in [3.05, 3.63) is 42.1 Å². The number of rotatable bonds is 6. The van der Waals surface area contributed by atoms with Crippen LogP contribution in [0.1, 0.15) is 24.9 Å². The van der Waals surface area contributed by atoms with E-state index in [1.165, 1.54) is 6.92 Å². The molecular formula is C16H20N4O3. The fourth-order valence-corrected chi connectivity index (χ4v) is 2.19. The summed E-state index contributed by atoms with van der Waals surface area (Å²) in [5.74, 6) is 0.775. The van der Waals surface area contributed by atoms with E-state index in [4.69, 9.17) is 4.74 Å². The molecule has 0 spiro atoms. The number of anilines is 1. The highest BCUT2D eigenvalue weighted by Gasteiger charge is 2.18. The van der Waals surface area contributed by atoms with Crippen LogP contribution in [-0.4, -0.2) is 28.7 Å². The SMILES string of the molecule is COc1ccc([C@H](CC(=O)Nc2ccn(C)n2)NC(C)=O)cc1. The minimum Gasteiger partial charge on any atom is -0.497 e. The Hall–Kier alpha value is -2.83. The average Bonchev–Trinajstić information content (AvgIpc) is 2.91. The minimum absolute atomic E-state index is 0.114. The van der Waals surface area contributed by atoms with E-state index in [-0.39, 0.29) is 18.2 Å². The lowest BCUT2D eigenvalue weighted by atomic mass is 10.0. The van der Waals surface area contributed by atoms with Crippen molar-refractivity contribution in [1.82, 2.24) is 15.1 Å². The van der Waals surface area contributed by atoms with Crippen molar-refractivity contribution in [2.45, 2.75) is 19.4 Å². The number of carbonyl (C=O) groups is 2. The van der Waals surface area contributed by atoms with E-state index in [1.807, 2.05) is 12.1 Å².